The Labute approximate surface area is 209 Å². The Morgan fingerprint density at radius 3 is 2.36 bits per heavy atom. The second-order valence-corrected chi connectivity index (χ2v) is 10.2. The Kier molecular flexibility index (Phi) is 6.89. The maximum absolute atomic E-state index is 10.7. The quantitative estimate of drug-likeness (QED) is 0.314. The highest BCUT2D eigenvalue weighted by atomic mass is 16.3. The SMILES string of the molecule is CC1(C)CC(Nc2cnc(-c3ccc(-c4cn5ccnc5cn4)cc3O)cn2)CC(C)(C)N1.O=CO. The van der Waals surface area contributed by atoms with Crippen LogP contribution < -0.4 is 10.6 Å². The fraction of sp³-hybridized carbons (Fsp3) is 0.346. The van der Waals surface area contributed by atoms with E-state index in [1.165, 1.54) is 0 Å². The first kappa shape index (κ1) is 25.1. The number of phenols is 1. The molecule has 0 spiro atoms. The molecule has 1 saturated heterocycles. The Bertz CT molecular complexity index is 1330. The topological polar surface area (TPSA) is 138 Å². The van der Waals surface area contributed by atoms with Crippen LogP contribution in [0.25, 0.3) is 28.2 Å². The Morgan fingerprint density at radius 1 is 1.03 bits per heavy atom. The van der Waals surface area contributed by atoms with E-state index in [2.05, 4.69) is 58.3 Å². The minimum absolute atomic E-state index is 0.0531. The van der Waals surface area contributed by atoms with E-state index in [-0.39, 0.29) is 23.3 Å². The molecule has 4 heterocycles. The molecule has 0 radical (unpaired) electrons. The monoisotopic (exact) mass is 489 g/mol. The summed E-state index contributed by atoms with van der Waals surface area (Å²) < 4.78 is 1.90. The van der Waals surface area contributed by atoms with Gasteiger partial charge in [-0.05, 0) is 52.7 Å². The van der Waals surface area contributed by atoms with Gasteiger partial charge in [-0.3, -0.25) is 14.8 Å². The molecule has 188 valence electrons. The number of phenolic OH excluding ortho intramolecular Hbond substituents is 1. The van der Waals surface area contributed by atoms with Gasteiger partial charge in [0.2, 0.25) is 0 Å². The number of aromatic hydroxyl groups is 1. The fourth-order valence-electron chi connectivity index (χ4n) is 5.06. The van der Waals surface area contributed by atoms with Gasteiger partial charge < -0.3 is 25.2 Å². The molecular formula is C26H31N7O3. The van der Waals surface area contributed by atoms with Gasteiger partial charge in [0.05, 0.1) is 30.0 Å². The molecule has 10 heteroatoms. The van der Waals surface area contributed by atoms with Crippen LogP contribution in [-0.4, -0.2) is 58.1 Å². The van der Waals surface area contributed by atoms with Crippen LogP contribution >= 0.6 is 0 Å². The number of fused-ring (bicyclic) bond motifs is 1. The highest BCUT2D eigenvalue weighted by molar-refractivity contribution is 5.73. The molecule has 36 heavy (non-hydrogen) atoms. The molecular weight excluding hydrogens is 458 g/mol. The molecule has 0 amide bonds. The molecule has 1 fully saturated rings. The number of carbonyl (C=O) groups is 1. The summed E-state index contributed by atoms with van der Waals surface area (Å²) in [4.78, 5) is 26.1. The highest BCUT2D eigenvalue weighted by Crippen LogP contribution is 2.33. The summed E-state index contributed by atoms with van der Waals surface area (Å²) in [6.45, 7) is 8.67. The number of imidazole rings is 1. The van der Waals surface area contributed by atoms with Crippen molar-refractivity contribution in [1.29, 1.82) is 0 Å². The minimum atomic E-state index is -0.250. The number of hydrogen-bond donors (Lipinski definition) is 4. The van der Waals surface area contributed by atoms with Crippen LogP contribution in [0, 0.1) is 0 Å². The lowest BCUT2D eigenvalue weighted by Gasteiger charge is -2.46. The van der Waals surface area contributed by atoms with Crippen molar-refractivity contribution in [2.24, 2.45) is 0 Å². The summed E-state index contributed by atoms with van der Waals surface area (Å²) in [5.41, 5.74) is 3.70. The molecule has 1 aliphatic rings. The lowest BCUT2D eigenvalue weighted by atomic mass is 9.79. The molecule has 4 N–H and O–H groups in total. The van der Waals surface area contributed by atoms with E-state index in [1.54, 1.807) is 30.9 Å². The summed E-state index contributed by atoms with van der Waals surface area (Å²) in [6, 6.07) is 5.78. The second-order valence-electron chi connectivity index (χ2n) is 10.2. The van der Waals surface area contributed by atoms with Crippen molar-refractivity contribution in [3.63, 3.8) is 0 Å². The maximum atomic E-state index is 10.7. The third kappa shape index (κ3) is 5.77. The van der Waals surface area contributed by atoms with E-state index in [0.29, 0.717) is 17.3 Å². The molecule has 0 bridgehead atoms. The number of hydrogen-bond acceptors (Lipinski definition) is 8. The van der Waals surface area contributed by atoms with Crippen LogP contribution in [0.4, 0.5) is 5.82 Å². The zero-order chi connectivity index (χ0) is 25.9. The molecule has 4 aromatic rings. The van der Waals surface area contributed by atoms with Crippen LogP contribution in [0.5, 0.6) is 5.75 Å². The van der Waals surface area contributed by atoms with Gasteiger partial charge in [0.15, 0.2) is 5.65 Å². The highest BCUT2D eigenvalue weighted by Gasteiger charge is 2.37. The zero-order valence-electron chi connectivity index (χ0n) is 20.8. The average Bonchev–Trinajstić information content (AvgIpc) is 3.26. The number of rotatable bonds is 4. The normalized spacial score (nSPS) is 16.7. The fourth-order valence-corrected chi connectivity index (χ4v) is 5.06. The maximum Gasteiger partial charge on any atom is 0.290 e. The number of nitrogens with one attached hydrogen (secondary N) is 2. The molecule has 0 saturated carbocycles. The van der Waals surface area contributed by atoms with Crippen LogP contribution in [0.15, 0.2) is 55.4 Å². The van der Waals surface area contributed by atoms with E-state index in [9.17, 15) is 5.11 Å². The standard InChI is InChI=1S/C25H29N7O.CH2O2/c1-24(2)10-17(11-25(3,4)31-24)30-22-13-27-19(12-29-22)18-6-5-16(9-21(18)33)20-15-32-8-7-26-23(32)14-28-20;2-1-3/h5-9,12-15,17,31,33H,10-11H2,1-4H3,(H,29,30);1H,(H,2,3). The summed E-state index contributed by atoms with van der Waals surface area (Å²) in [7, 11) is 0. The van der Waals surface area contributed by atoms with Crippen LogP contribution in [0.1, 0.15) is 40.5 Å². The number of anilines is 1. The minimum Gasteiger partial charge on any atom is -0.507 e. The Morgan fingerprint density at radius 2 is 1.72 bits per heavy atom. The lowest BCUT2D eigenvalue weighted by Crippen LogP contribution is -2.60. The molecule has 10 nitrogen and oxygen atoms in total. The summed E-state index contributed by atoms with van der Waals surface area (Å²) in [5.74, 6) is 0.878. The smallest absolute Gasteiger partial charge is 0.290 e. The zero-order valence-corrected chi connectivity index (χ0v) is 20.8. The number of aromatic nitrogens is 5. The van der Waals surface area contributed by atoms with Crippen molar-refractivity contribution in [1.82, 2.24) is 29.7 Å². The first-order valence-electron chi connectivity index (χ1n) is 11.7. The number of piperidine rings is 1. The first-order chi connectivity index (χ1) is 17.1. The summed E-state index contributed by atoms with van der Waals surface area (Å²) in [6.07, 6.45) is 12.6. The second kappa shape index (κ2) is 9.90. The van der Waals surface area contributed by atoms with Gasteiger partial charge in [-0.25, -0.2) is 9.97 Å². The number of carboxylic acid groups (broad SMARTS) is 1. The van der Waals surface area contributed by atoms with E-state index in [0.717, 1.165) is 35.6 Å². The van der Waals surface area contributed by atoms with E-state index in [4.69, 9.17) is 9.90 Å². The Balaban J connectivity index is 0.000000967. The van der Waals surface area contributed by atoms with Gasteiger partial charge in [0.1, 0.15) is 11.6 Å². The van der Waals surface area contributed by atoms with Gasteiger partial charge in [-0.2, -0.15) is 0 Å². The molecule has 1 aliphatic heterocycles. The average molecular weight is 490 g/mol. The van der Waals surface area contributed by atoms with Crippen LogP contribution in [0.2, 0.25) is 0 Å². The van der Waals surface area contributed by atoms with Crippen LogP contribution in [-0.2, 0) is 4.79 Å². The summed E-state index contributed by atoms with van der Waals surface area (Å²) in [5, 5.41) is 24.8. The molecule has 0 atom stereocenters. The Hall–Kier alpha value is -4.05. The lowest BCUT2D eigenvalue weighted by molar-refractivity contribution is -0.122. The van der Waals surface area contributed by atoms with Crippen molar-refractivity contribution in [3.8, 4) is 28.3 Å². The number of benzene rings is 1. The number of nitrogens with zero attached hydrogens (tertiary/aromatic N) is 5. The molecule has 1 aromatic carbocycles. The van der Waals surface area contributed by atoms with Crippen molar-refractivity contribution >= 4 is 17.9 Å². The van der Waals surface area contributed by atoms with Crippen molar-refractivity contribution in [3.05, 3.63) is 55.4 Å². The first-order valence-corrected chi connectivity index (χ1v) is 11.7. The van der Waals surface area contributed by atoms with Gasteiger partial charge in [-0.15, -0.1) is 0 Å². The van der Waals surface area contributed by atoms with Crippen molar-refractivity contribution < 1.29 is 15.0 Å². The van der Waals surface area contributed by atoms with Crippen LogP contribution in [0.3, 0.4) is 0 Å². The molecule has 3 aromatic heterocycles. The van der Waals surface area contributed by atoms with Gasteiger partial charge in [-0.1, -0.05) is 6.07 Å². The third-order valence-electron chi connectivity index (χ3n) is 6.04. The summed E-state index contributed by atoms with van der Waals surface area (Å²) >= 11 is 0. The predicted molar refractivity (Wildman–Crippen MR) is 138 cm³/mol. The predicted octanol–water partition coefficient (Wildman–Crippen LogP) is 3.98. The molecule has 0 unspecified atom stereocenters. The van der Waals surface area contributed by atoms with Crippen molar-refractivity contribution in [2.45, 2.75) is 57.7 Å². The van der Waals surface area contributed by atoms with Crippen molar-refractivity contribution in [2.75, 3.05) is 5.32 Å². The van der Waals surface area contributed by atoms with Gasteiger partial charge in [0, 0.05) is 46.8 Å². The van der Waals surface area contributed by atoms with E-state index < -0.39 is 0 Å². The third-order valence-corrected chi connectivity index (χ3v) is 6.04. The van der Waals surface area contributed by atoms with E-state index >= 15 is 0 Å². The van der Waals surface area contributed by atoms with Gasteiger partial charge >= 0.3 is 0 Å². The van der Waals surface area contributed by atoms with E-state index in [1.807, 2.05) is 28.9 Å². The molecule has 5 rings (SSSR count). The molecule has 0 aliphatic carbocycles. The van der Waals surface area contributed by atoms with Gasteiger partial charge in [0.25, 0.3) is 6.47 Å². The largest absolute Gasteiger partial charge is 0.507 e.